The minimum absolute atomic E-state index is 0. The molecule has 2 unspecified atom stereocenters. The molecule has 2 rings (SSSR count). The van der Waals surface area contributed by atoms with Crippen LogP contribution in [0.25, 0.3) is 0 Å². The molecule has 68 valence electrons. The maximum atomic E-state index is 2.35. The van der Waals surface area contributed by atoms with Gasteiger partial charge in [0.15, 0.2) is 0 Å². The maximum absolute atomic E-state index is 2.35. The zero-order valence-corrected chi connectivity index (χ0v) is 7.40. The summed E-state index contributed by atoms with van der Waals surface area (Å²) < 4.78 is 0. The Hall–Kier alpha value is 0. The zero-order valence-electron chi connectivity index (χ0n) is 7.40. The van der Waals surface area contributed by atoms with Gasteiger partial charge in [-0.2, -0.15) is 0 Å². The molecule has 2 fully saturated rings. The fraction of sp³-hybridized carbons (Fsp3) is 1.00. The standard InChI is InChI=1S/C7H14.C3H6.CH4/c1-6-3-4-7(2)5-6;1-2-3-1;/h6-7H,3-5H2,1-2H3;1-3H2;1H4. The Morgan fingerprint density at radius 1 is 0.818 bits per heavy atom. The largest absolute Gasteiger partial charge is 0.0776 e. The zero-order chi connectivity index (χ0) is 7.40. The lowest BCUT2D eigenvalue weighted by Crippen LogP contribution is -1.84. The number of hydrogen-bond donors (Lipinski definition) is 0. The van der Waals surface area contributed by atoms with E-state index in [9.17, 15) is 0 Å². The second-order valence-electron chi connectivity index (χ2n) is 4.08. The van der Waals surface area contributed by atoms with E-state index in [1.165, 1.54) is 38.5 Å². The van der Waals surface area contributed by atoms with Gasteiger partial charge in [-0.25, -0.2) is 0 Å². The summed E-state index contributed by atoms with van der Waals surface area (Å²) in [6.45, 7) is 4.70. The molecule has 2 aliphatic rings. The molecular weight excluding hydrogens is 132 g/mol. The van der Waals surface area contributed by atoms with Gasteiger partial charge in [-0.05, 0) is 18.3 Å². The number of rotatable bonds is 0. The molecule has 0 bridgehead atoms. The first-order valence-corrected chi connectivity index (χ1v) is 4.79. The van der Waals surface area contributed by atoms with Gasteiger partial charge in [-0.3, -0.25) is 0 Å². The molecule has 11 heavy (non-hydrogen) atoms. The quantitative estimate of drug-likeness (QED) is 0.492. The van der Waals surface area contributed by atoms with E-state index in [1.807, 2.05) is 0 Å². The average Bonchev–Trinajstić information content (AvgIpc) is 2.67. The lowest BCUT2D eigenvalue weighted by Gasteiger charge is -1.96. The van der Waals surface area contributed by atoms with E-state index in [-0.39, 0.29) is 7.43 Å². The van der Waals surface area contributed by atoms with Gasteiger partial charge in [-0.1, -0.05) is 53.4 Å². The topological polar surface area (TPSA) is 0 Å². The summed E-state index contributed by atoms with van der Waals surface area (Å²) in [6.07, 6.45) is 8.92. The molecule has 0 amide bonds. The van der Waals surface area contributed by atoms with Crippen LogP contribution < -0.4 is 0 Å². The van der Waals surface area contributed by atoms with Crippen LogP contribution in [0.15, 0.2) is 0 Å². The van der Waals surface area contributed by atoms with Crippen molar-refractivity contribution < 1.29 is 0 Å². The molecule has 0 radical (unpaired) electrons. The molecule has 2 saturated carbocycles. The van der Waals surface area contributed by atoms with Gasteiger partial charge in [0, 0.05) is 0 Å². The second kappa shape index (κ2) is 5.62. The van der Waals surface area contributed by atoms with Crippen molar-refractivity contribution in [2.45, 2.75) is 59.8 Å². The van der Waals surface area contributed by atoms with E-state index in [2.05, 4.69) is 13.8 Å². The van der Waals surface area contributed by atoms with E-state index in [0.717, 1.165) is 11.8 Å². The SMILES string of the molecule is C.C1CC1.CC1CCC(C)C1. The van der Waals surface area contributed by atoms with Gasteiger partial charge in [0.1, 0.15) is 0 Å². The predicted octanol–water partition coefficient (Wildman–Crippen LogP) is 4.25. The summed E-state index contributed by atoms with van der Waals surface area (Å²) >= 11 is 0. The fourth-order valence-corrected chi connectivity index (χ4v) is 1.49. The van der Waals surface area contributed by atoms with Crippen molar-refractivity contribution in [3.05, 3.63) is 0 Å². The maximum Gasteiger partial charge on any atom is -0.0440 e. The van der Waals surface area contributed by atoms with E-state index in [4.69, 9.17) is 0 Å². The molecule has 0 saturated heterocycles. The van der Waals surface area contributed by atoms with E-state index >= 15 is 0 Å². The second-order valence-corrected chi connectivity index (χ2v) is 4.08. The van der Waals surface area contributed by atoms with E-state index < -0.39 is 0 Å². The summed E-state index contributed by atoms with van der Waals surface area (Å²) in [7, 11) is 0. The molecule has 0 aliphatic heterocycles. The van der Waals surface area contributed by atoms with Crippen molar-refractivity contribution in [3.8, 4) is 0 Å². The minimum atomic E-state index is 0. The van der Waals surface area contributed by atoms with Gasteiger partial charge in [0.2, 0.25) is 0 Å². The normalized spacial score (nSPS) is 33.3. The molecule has 0 nitrogen and oxygen atoms in total. The minimum Gasteiger partial charge on any atom is -0.0776 e. The predicted molar refractivity (Wildman–Crippen MR) is 52.8 cm³/mol. The summed E-state index contributed by atoms with van der Waals surface area (Å²) in [4.78, 5) is 0. The highest BCUT2D eigenvalue weighted by Gasteiger charge is 2.15. The van der Waals surface area contributed by atoms with Crippen molar-refractivity contribution in [2.24, 2.45) is 11.8 Å². The Labute approximate surface area is 72.4 Å². The van der Waals surface area contributed by atoms with Gasteiger partial charge >= 0.3 is 0 Å². The third kappa shape index (κ3) is 6.40. The molecule has 0 heterocycles. The van der Waals surface area contributed by atoms with Gasteiger partial charge < -0.3 is 0 Å². The third-order valence-electron chi connectivity index (χ3n) is 2.31. The molecule has 0 spiro atoms. The summed E-state index contributed by atoms with van der Waals surface area (Å²) in [5, 5.41) is 0. The smallest absolute Gasteiger partial charge is 0.0440 e. The Bertz CT molecular complexity index is 73.3. The van der Waals surface area contributed by atoms with Crippen LogP contribution in [0.2, 0.25) is 0 Å². The van der Waals surface area contributed by atoms with Crippen LogP contribution in [0.3, 0.4) is 0 Å². The van der Waals surface area contributed by atoms with Crippen molar-refractivity contribution >= 4 is 0 Å². The molecule has 2 aliphatic carbocycles. The summed E-state index contributed by atoms with van der Waals surface area (Å²) in [6, 6.07) is 0. The van der Waals surface area contributed by atoms with Crippen molar-refractivity contribution in [1.29, 1.82) is 0 Å². The van der Waals surface area contributed by atoms with Crippen LogP contribution in [-0.2, 0) is 0 Å². The first-order valence-electron chi connectivity index (χ1n) is 4.79. The average molecular weight is 156 g/mol. The first-order chi connectivity index (χ1) is 4.79. The van der Waals surface area contributed by atoms with Gasteiger partial charge in [-0.15, -0.1) is 0 Å². The highest BCUT2D eigenvalue weighted by atomic mass is 14.2. The highest BCUT2D eigenvalue weighted by molar-refractivity contribution is 4.68. The van der Waals surface area contributed by atoms with E-state index in [0.29, 0.717) is 0 Å². The lowest BCUT2D eigenvalue weighted by atomic mass is 10.1. The summed E-state index contributed by atoms with van der Waals surface area (Å²) in [5.41, 5.74) is 0. The van der Waals surface area contributed by atoms with Gasteiger partial charge in [0.05, 0.1) is 0 Å². The summed E-state index contributed by atoms with van der Waals surface area (Å²) in [5.74, 6) is 2.05. The highest BCUT2D eigenvalue weighted by Crippen LogP contribution is 2.29. The van der Waals surface area contributed by atoms with Crippen LogP contribution in [-0.4, -0.2) is 0 Å². The van der Waals surface area contributed by atoms with Gasteiger partial charge in [0.25, 0.3) is 0 Å². The molecular formula is C11H24. The Balaban J connectivity index is 0.000000212. The van der Waals surface area contributed by atoms with Crippen molar-refractivity contribution in [1.82, 2.24) is 0 Å². The third-order valence-corrected chi connectivity index (χ3v) is 2.31. The molecule has 0 aromatic carbocycles. The number of hydrogen-bond acceptors (Lipinski definition) is 0. The Morgan fingerprint density at radius 3 is 1.27 bits per heavy atom. The molecule has 0 aromatic heterocycles. The monoisotopic (exact) mass is 156 g/mol. The van der Waals surface area contributed by atoms with Crippen molar-refractivity contribution in [2.75, 3.05) is 0 Å². The Morgan fingerprint density at radius 2 is 1.18 bits per heavy atom. The molecule has 0 aromatic rings. The lowest BCUT2D eigenvalue weighted by molar-refractivity contribution is 0.555. The van der Waals surface area contributed by atoms with Crippen LogP contribution in [0.5, 0.6) is 0 Å². The molecule has 0 N–H and O–H groups in total. The molecule has 2 atom stereocenters. The van der Waals surface area contributed by atoms with E-state index in [1.54, 1.807) is 0 Å². The molecule has 0 heteroatoms. The van der Waals surface area contributed by atoms with Crippen LogP contribution in [0.1, 0.15) is 59.8 Å². The van der Waals surface area contributed by atoms with Crippen LogP contribution in [0, 0.1) is 11.8 Å². The van der Waals surface area contributed by atoms with Crippen LogP contribution >= 0.6 is 0 Å². The van der Waals surface area contributed by atoms with Crippen molar-refractivity contribution in [3.63, 3.8) is 0 Å². The fourth-order valence-electron chi connectivity index (χ4n) is 1.49. The Kier molecular flexibility index (Phi) is 5.62. The van der Waals surface area contributed by atoms with Crippen LogP contribution in [0.4, 0.5) is 0 Å². The first kappa shape index (κ1) is 11.0.